The van der Waals surface area contributed by atoms with Crippen LogP contribution >= 0.6 is 11.3 Å². The van der Waals surface area contributed by atoms with Crippen LogP contribution in [0.2, 0.25) is 0 Å². The molecule has 180 valence electrons. The molecule has 0 saturated carbocycles. The van der Waals surface area contributed by atoms with Crippen LogP contribution in [0.5, 0.6) is 5.75 Å². The number of aromatic nitrogens is 1. The van der Waals surface area contributed by atoms with Crippen LogP contribution < -0.4 is 10.1 Å². The molecule has 5 nitrogen and oxygen atoms in total. The second-order valence-corrected chi connectivity index (χ2v) is 9.12. The third-order valence-corrected chi connectivity index (χ3v) is 6.19. The quantitative estimate of drug-likeness (QED) is 0.289. The number of hydrogen-bond acceptors (Lipinski definition) is 5. The van der Waals surface area contributed by atoms with Gasteiger partial charge < -0.3 is 10.1 Å². The molecule has 1 aromatic heterocycles. The van der Waals surface area contributed by atoms with Crippen LogP contribution in [0.4, 0.5) is 4.39 Å². The van der Waals surface area contributed by atoms with Crippen molar-refractivity contribution in [2.75, 3.05) is 6.54 Å². The first-order chi connectivity index (χ1) is 17.1. The third-order valence-electron chi connectivity index (χ3n) is 5.35. The van der Waals surface area contributed by atoms with Crippen LogP contribution in [0.1, 0.15) is 39.1 Å². The van der Waals surface area contributed by atoms with E-state index in [9.17, 15) is 9.18 Å². The molecule has 0 bridgehead atoms. The molecule has 0 aliphatic heterocycles. The lowest BCUT2D eigenvalue weighted by Gasteiger charge is -2.22. The standard InChI is InChI=1S/C28H28FN3O2S/c1-2-30-28(33)26-20-35-27(31-26)18-32(17-23-9-6-10-24(29)15-23)16-21-11-13-25(14-12-21)34-19-22-7-4-3-5-8-22/h3-15,20H,2,16-19H2,1H3,(H,30,33). The van der Waals surface area contributed by atoms with Crippen molar-refractivity contribution in [3.63, 3.8) is 0 Å². The Morgan fingerprint density at radius 1 is 0.943 bits per heavy atom. The average Bonchev–Trinajstić information content (AvgIpc) is 3.33. The number of rotatable bonds is 11. The lowest BCUT2D eigenvalue weighted by Crippen LogP contribution is -2.24. The molecule has 0 spiro atoms. The molecule has 35 heavy (non-hydrogen) atoms. The molecule has 7 heteroatoms. The normalized spacial score (nSPS) is 10.9. The Bertz CT molecular complexity index is 1230. The van der Waals surface area contributed by atoms with Gasteiger partial charge in [-0.05, 0) is 47.9 Å². The van der Waals surface area contributed by atoms with Crippen molar-refractivity contribution in [3.8, 4) is 5.75 Å². The zero-order chi connectivity index (χ0) is 24.5. The topological polar surface area (TPSA) is 54.5 Å². The van der Waals surface area contributed by atoms with Gasteiger partial charge in [0.15, 0.2) is 0 Å². The third kappa shape index (κ3) is 7.47. The highest BCUT2D eigenvalue weighted by molar-refractivity contribution is 7.09. The van der Waals surface area contributed by atoms with Gasteiger partial charge in [0, 0.05) is 25.0 Å². The Kier molecular flexibility index (Phi) is 8.59. The van der Waals surface area contributed by atoms with Gasteiger partial charge in [-0.3, -0.25) is 9.69 Å². The van der Waals surface area contributed by atoms with E-state index in [4.69, 9.17) is 4.74 Å². The molecule has 0 atom stereocenters. The van der Waals surface area contributed by atoms with Crippen molar-refractivity contribution in [3.05, 3.63) is 117 Å². The minimum absolute atomic E-state index is 0.169. The van der Waals surface area contributed by atoms with Crippen LogP contribution in [0.25, 0.3) is 0 Å². The number of halogens is 1. The van der Waals surface area contributed by atoms with Gasteiger partial charge in [0.25, 0.3) is 5.91 Å². The number of amides is 1. The maximum absolute atomic E-state index is 13.8. The van der Waals surface area contributed by atoms with Gasteiger partial charge in [-0.2, -0.15) is 0 Å². The monoisotopic (exact) mass is 489 g/mol. The molecule has 1 N–H and O–H groups in total. The van der Waals surface area contributed by atoms with Crippen molar-refractivity contribution >= 4 is 17.2 Å². The fraction of sp³-hybridized carbons (Fsp3) is 0.214. The van der Waals surface area contributed by atoms with Crippen LogP contribution in [-0.2, 0) is 26.2 Å². The summed E-state index contributed by atoms with van der Waals surface area (Å²) in [6, 6.07) is 24.7. The highest BCUT2D eigenvalue weighted by Crippen LogP contribution is 2.20. The number of benzene rings is 3. The summed E-state index contributed by atoms with van der Waals surface area (Å²) in [7, 11) is 0. The summed E-state index contributed by atoms with van der Waals surface area (Å²) in [6.07, 6.45) is 0. The van der Waals surface area contributed by atoms with Crippen molar-refractivity contribution < 1.29 is 13.9 Å². The second kappa shape index (κ2) is 12.2. The first kappa shape index (κ1) is 24.6. The molecule has 4 rings (SSSR count). The summed E-state index contributed by atoms with van der Waals surface area (Å²) < 4.78 is 19.7. The zero-order valence-corrected chi connectivity index (χ0v) is 20.4. The fourth-order valence-electron chi connectivity index (χ4n) is 3.68. The van der Waals surface area contributed by atoms with Crippen molar-refractivity contribution in [1.82, 2.24) is 15.2 Å². The number of nitrogens with zero attached hydrogens (tertiary/aromatic N) is 2. The molecule has 0 unspecified atom stereocenters. The SMILES string of the molecule is CCNC(=O)c1csc(CN(Cc2ccc(OCc3ccccc3)cc2)Cc2cccc(F)c2)n1. The molecule has 0 aliphatic carbocycles. The maximum atomic E-state index is 13.8. The highest BCUT2D eigenvalue weighted by Gasteiger charge is 2.14. The summed E-state index contributed by atoms with van der Waals surface area (Å²) in [5.41, 5.74) is 3.54. The van der Waals surface area contributed by atoms with Crippen molar-refractivity contribution in [2.45, 2.75) is 33.2 Å². The summed E-state index contributed by atoms with van der Waals surface area (Å²) in [5, 5.41) is 5.39. The van der Waals surface area contributed by atoms with E-state index >= 15 is 0 Å². The highest BCUT2D eigenvalue weighted by atomic mass is 32.1. The van der Waals surface area contributed by atoms with Gasteiger partial charge in [0.1, 0.15) is 28.9 Å². The van der Waals surface area contributed by atoms with E-state index in [1.165, 1.54) is 17.4 Å². The Hall–Kier alpha value is -3.55. The van der Waals surface area contributed by atoms with Gasteiger partial charge in [-0.25, -0.2) is 9.37 Å². The number of carbonyl (C=O) groups excluding carboxylic acids is 1. The number of nitrogens with one attached hydrogen (secondary N) is 1. The predicted octanol–water partition coefficient (Wildman–Crippen LogP) is 5.81. The summed E-state index contributed by atoms with van der Waals surface area (Å²) >= 11 is 1.46. The zero-order valence-electron chi connectivity index (χ0n) is 19.6. The van der Waals surface area contributed by atoms with E-state index in [1.807, 2.05) is 67.6 Å². The minimum atomic E-state index is -0.255. The molecular formula is C28H28FN3O2S. The molecule has 0 aliphatic rings. The van der Waals surface area contributed by atoms with Gasteiger partial charge in [-0.15, -0.1) is 11.3 Å². The maximum Gasteiger partial charge on any atom is 0.270 e. The van der Waals surface area contributed by atoms with Crippen LogP contribution in [0.15, 0.2) is 84.2 Å². The van der Waals surface area contributed by atoms with E-state index in [0.717, 1.165) is 27.4 Å². The lowest BCUT2D eigenvalue weighted by atomic mass is 10.1. The minimum Gasteiger partial charge on any atom is -0.489 e. The molecule has 3 aromatic carbocycles. The second-order valence-electron chi connectivity index (χ2n) is 8.18. The number of ether oxygens (including phenoxy) is 1. The summed E-state index contributed by atoms with van der Waals surface area (Å²) in [4.78, 5) is 18.8. The number of thiazole rings is 1. The molecule has 0 fully saturated rings. The largest absolute Gasteiger partial charge is 0.489 e. The molecular weight excluding hydrogens is 461 g/mol. The van der Waals surface area contributed by atoms with Gasteiger partial charge >= 0.3 is 0 Å². The fourth-order valence-corrected chi connectivity index (χ4v) is 4.50. The Morgan fingerprint density at radius 2 is 1.69 bits per heavy atom. The molecule has 1 amide bonds. The molecule has 1 heterocycles. The Labute approximate surface area is 209 Å². The number of hydrogen-bond donors (Lipinski definition) is 1. The van der Waals surface area contributed by atoms with Gasteiger partial charge in [-0.1, -0.05) is 54.6 Å². The summed E-state index contributed by atoms with van der Waals surface area (Å²) in [6.45, 7) is 4.70. The van der Waals surface area contributed by atoms with Crippen LogP contribution in [0, 0.1) is 5.82 Å². The van der Waals surface area contributed by atoms with E-state index < -0.39 is 0 Å². The van der Waals surface area contributed by atoms with E-state index in [-0.39, 0.29) is 11.7 Å². The molecule has 0 radical (unpaired) electrons. The van der Waals surface area contributed by atoms with E-state index in [2.05, 4.69) is 15.2 Å². The summed E-state index contributed by atoms with van der Waals surface area (Å²) in [5.74, 6) is 0.383. The van der Waals surface area contributed by atoms with Crippen LogP contribution in [-0.4, -0.2) is 22.3 Å². The average molecular weight is 490 g/mol. The van der Waals surface area contributed by atoms with Crippen molar-refractivity contribution in [2.24, 2.45) is 0 Å². The van der Waals surface area contributed by atoms with E-state index in [1.54, 1.807) is 17.5 Å². The smallest absolute Gasteiger partial charge is 0.270 e. The first-order valence-electron chi connectivity index (χ1n) is 11.5. The van der Waals surface area contributed by atoms with Crippen molar-refractivity contribution in [1.29, 1.82) is 0 Å². The van der Waals surface area contributed by atoms with E-state index in [0.29, 0.717) is 38.5 Å². The van der Waals surface area contributed by atoms with Crippen LogP contribution in [0.3, 0.4) is 0 Å². The molecule has 4 aromatic rings. The van der Waals surface area contributed by atoms with Gasteiger partial charge in [0.05, 0.1) is 6.54 Å². The first-order valence-corrected chi connectivity index (χ1v) is 12.4. The Morgan fingerprint density at radius 3 is 2.43 bits per heavy atom. The molecule has 0 saturated heterocycles. The predicted molar refractivity (Wildman–Crippen MR) is 137 cm³/mol. The lowest BCUT2D eigenvalue weighted by molar-refractivity contribution is 0.0951. The Balaban J connectivity index is 1.44. The van der Waals surface area contributed by atoms with Gasteiger partial charge in [0.2, 0.25) is 0 Å². The number of carbonyl (C=O) groups is 1.